The van der Waals surface area contributed by atoms with Gasteiger partial charge in [-0.1, -0.05) is 18.2 Å². The molecular weight excluding hydrogens is 265 g/mol. The van der Waals surface area contributed by atoms with Crippen molar-refractivity contribution in [2.75, 3.05) is 11.9 Å². The summed E-state index contributed by atoms with van der Waals surface area (Å²) < 4.78 is 13.0. The van der Waals surface area contributed by atoms with Crippen LogP contribution in [0.2, 0.25) is 0 Å². The van der Waals surface area contributed by atoms with Gasteiger partial charge >= 0.3 is 0 Å². The predicted octanol–water partition coefficient (Wildman–Crippen LogP) is 3.41. The van der Waals surface area contributed by atoms with Crippen molar-refractivity contribution in [3.8, 4) is 0 Å². The van der Waals surface area contributed by atoms with E-state index in [1.54, 1.807) is 6.07 Å². The molecule has 0 saturated heterocycles. The number of guanidine groups is 1. The molecule has 0 amide bonds. The molecule has 0 unspecified atom stereocenters. The number of benzene rings is 2. The van der Waals surface area contributed by atoms with E-state index in [0.29, 0.717) is 18.9 Å². The Morgan fingerprint density at radius 1 is 1.14 bits per heavy atom. The third-order valence-electron chi connectivity index (χ3n) is 3.35. The van der Waals surface area contributed by atoms with Crippen molar-refractivity contribution in [2.24, 2.45) is 10.7 Å². The molecule has 0 radical (unpaired) electrons. The van der Waals surface area contributed by atoms with Crippen molar-refractivity contribution in [3.63, 3.8) is 0 Å². The van der Waals surface area contributed by atoms with E-state index in [0.717, 1.165) is 11.3 Å². The molecule has 0 spiro atoms. The number of rotatable bonds is 4. The molecule has 0 heterocycles. The lowest BCUT2D eigenvalue weighted by atomic mass is 10.1. The van der Waals surface area contributed by atoms with Gasteiger partial charge in [0.25, 0.3) is 0 Å². The van der Waals surface area contributed by atoms with Gasteiger partial charge in [-0.25, -0.2) is 4.39 Å². The molecule has 0 atom stereocenters. The first-order valence-electron chi connectivity index (χ1n) is 6.93. The second-order valence-electron chi connectivity index (χ2n) is 5.07. The Balaban J connectivity index is 1.90. The summed E-state index contributed by atoms with van der Waals surface area (Å²) in [6.45, 7) is 4.64. The first-order valence-corrected chi connectivity index (χ1v) is 6.93. The number of hydrogen-bond donors (Lipinski definition) is 2. The molecule has 4 heteroatoms. The van der Waals surface area contributed by atoms with Gasteiger partial charge in [-0.3, -0.25) is 4.99 Å². The van der Waals surface area contributed by atoms with Crippen LogP contribution in [-0.4, -0.2) is 12.5 Å². The van der Waals surface area contributed by atoms with Crippen molar-refractivity contribution in [2.45, 2.75) is 20.3 Å². The second-order valence-corrected chi connectivity index (χ2v) is 5.07. The molecule has 0 aliphatic carbocycles. The van der Waals surface area contributed by atoms with Gasteiger partial charge in [0.05, 0.1) is 0 Å². The highest BCUT2D eigenvalue weighted by Crippen LogP contribution is 2.13. The highest BCUT2D eigenvalue weighted by Gasteiger charge is 1.99. The van der Waals surface area contributed by atoms with Gasteiger partial charge < -0.3 is 11.1 Å². The lowest BCUT2D eigenvalue weighted by Gasteiger charge is -2.08. The number of halogens is 1. The SMILES string of the molecule is Cc1ccc(NC(N)=NCCc2cccc(F)c2)cc1C. The molecule has 2 rings (SSSR count). The lowest BCUT2D eigenvalue weighted by molar-refractivity contribution is 0.625. The van der Waals surface area contributed by atoms with Crippen LogP contribution >= 0.6 is 0 Å². The largest absolute Gasteiger partial charge is 0.370 e. The summed E-state index contributed by atoms with van der Waals surface area (Å²) in [5, 5.41) is 3.06. The molecule has 0 saturated carbocycles. The van der Waals surface area contributed by atoms with Crippen LogP contribution in [0.15, 0.2) is 47.5 Å². The number of nitrogens with two attached hydrogens (primary N) is 1. The van der Waals surface area contributed by atoms with Gasteiger partial charge in [0.15, 0.2) is 5.96 Å². The molecule has 3 N–H and O–H groups in total. The maximum atomic E-state index is 13.0. The van der Waals surface area contributed by atoms with Crippen molar-refractivity contribution in [1.29, 1.82) is 0 Å². The van der Waals surface area contributed by atoms with Crippen LogP contribution < -0.4 is 11.1 Å². The minimum Gasteiger partial charge on any atom is -0.370 e. The van der Waals surface area contributed by atoms with Gasteiger partial charge in [-0.2, -0.15) is 0 Å². The Kier molecular flexibility index (Phi) is 4.93. The summed E-state index contributed by atoms with van der Waals surface area (Å²) >= 11 is 0. The molecule has 0 bridgehead atoms. The summed E-state index contributed by atoms with van der Waals surface area (Å²) in [4.78, 5) is 4.26. The monoisotopic (exact) mass is 285 g/mol. The maximum absolute atomic E-state index is 13.0. The van der Waals surface area contributed by atoms with Crippen LogP contribution in [0.1, 0.15) is 16.7 Å². The molecular formula is C17H20FN3. The van der Waals surface area contributed by atoms with Crippen LogP contribution in [0.5, 0.6) is 0 Å². The van der Waals surface area contributed by atoms with E-state index in [9.17, 15) is 4.39 Å². The summed E-state index contributed by atoms with van der Waals surface area (Å²) in [6, 6.07) is 12.6. The molecule has 21 heavy (non-hydrogen) atoms. The molecule has 2 aromatic rings. The Morgan fingerprint density at radius 2 is 1.95 bits per heavy atom. The molecule has 3 nitrogen and oxygen atoms in total. The van der Waals surface area contributed by atoms with E-state index in [1.165, 1.54) is 23.3 Å². The van der Waals surface area contributed by atoms with Crippen molar-refractivity contribution >= 4 is 11.6 Å². The normalized spacial score (nSPS) is 11.5. The highest BCUT2D eigenvalue weighted by atomic mass is 19.1. The van der Waals surface area contributed by atoms with E-state index in [-0.39, 0.29) is 5.82 Å². The average Bonchev–Trinajstić information content (AvgIpc) is 2.43. The first-order chi connectivity index (χ1) is 10.0. The minimum atomic E-state index is -0.224. The topological polar surface area (TPSA) is 50.4 Å². The lowest BCUT2D eigenvalue weighted by Crippen LogP contribution is -2.23. The van der Waals surface area contributed by atoms with Crippen LogP contribution in [0.25, 0.3) is 0 Å². The number of hydrogen-bond acceptors (Lipinski definition) is 1. The second kappa shape index (κ2) is 6.88. The number of nitrogens with zero attached hydrogens (tertiary/aromatic N) is 1. The zero-order chi connectivity index (χ0) is 15.2. The Morgan fingerprint density at radius 3 is 2.67 bits per heavy atom. The van der Waals surface area contributed by atoms with Crippen molar-refractivity contribution in [1.82, 2.24) is 0 Å². The number of anilines is 1. The van der Waals surface area contributed by atoms with Gasteiger partial charge in [0, 0.05) is 12.2 Å². The number of aryl methyl sites for hydroxylation is 2. The Labute approximate surface area is 124 Å². The van der Waals surface area contributed by atoms with E-state index in [4.69, 9.17) is 5.73 Å². The van der Waals surface area contributed by atoms with Crippen LogP contribution in [0, 0.1) is 19.7 Å². The fourth-order valence-electron chi connectivity index (χ4n) is 2.00. The third kappa shape index (κ3) is 4.60. The average molecular weight is 285 g/mol. The Hall–Kier alpha value is -2.36. The van der Waals surface area contributed by atoms with Crippen molar-refractivity contribution < 1.29 is 4.39 Å². The molecule has 0 aromatic heterocycles. The fourth-order valence-corrected chi connectivity index (χ4v) is 2.00. The minimum absolute atomic E-state index is 0.224. The highest BCUT2D eigenvalue weighted by molar-refractivity contribution is 5.92. The quantitative estimate of drug-likeness (QED) is 0.668. The zero-order valence-corrected chi connectivity index (χ0v) is 12.4. The smallest absolute Gasteiger partial charge is 0.193 e. The molecule has 0 aliphatic rings. The van der Waals surface area contributed by atoms with Gasteiger partial charge in [0.1, 0.15) is 5.82 Å². The molecule has 0 aliphatic heterocycles. The first kappa shape index (κ1) is 15.0. The van der Waals surface area contributed by atoms with Crippen LogP contribution in [-0.2, 0) is 6.42 Å². The van der Waals surface area contributed by atoms with E-state index in [2.05, 4.69) is 24.2 Å². The van der Waals surface area contributed by atoms with Gasteiger partial charge in [-0.15, -0.1) is 0 Å². The van der Waals surface area contributed by atoms with E-state index in [1.807, 2.05) is 24.3 Å². The molecule has 110 valence electrons. The van der Waals surface area contributed by atoms with E-state index < -0.39 is 0 Å². The van der Waals surface area contributed by atoms with Crippen molar-refractivity contribution in [3.05, 3.63) is 65.0 Å². The van der Waals surface area contributed by atoms with E-state index >= 15 is 0 Å². The van der Waals surface area contributed by atoms with Crippen LogP contribution in [0.3, 0.4) is 0 Å². The third-order valence-corrected chi connectivity index (χ3v) is 3.35. The summed E-state index contributed by atoms with van der Waals surface area (Å²) in [5.41, 5.74) is 10.1. The molecule has 0 fully saturated rings. The summed E-state index contributed by atoms with van der Waals surface area (Å²) in [5.74, 6) is 0.146. The Bertz CT molecular complexity index is 650. The number of aliphatic imine (C=N–C) groups is 1. The van der Waals surface area contributed by atoms with Gasteiger partial charge in [-0.05, 0) is 61.2 Å². The van der Waals surface area contributed by atoms with Gasteiger partial charge in [0.2, 0.25) is 0 Å². The number of nitrogens with one attached hydrogen (secondary N) is 1. The molecule has 2 aromatic carbocycles. The summed E-state index contributed by atoms with van der Waals surface area (Å²) in [7, 11) is 0. The zero-order valence-electron chi connectivity index (χ0n) is 12.4. The fraction of sp³-hybridized carbons (Fsp3) is 0.235. The standard InChI is InChI=1S/C17H20FN3/c1-12-6-7-16(10-13(12)2)21-17(19)20-9-8-14-4-3-5-15(18)11-14/h3-7,10-11H,8-9H2,1-2H3,(H3,19,20,21). The predicted molar refractivity (Wildman–Crippen MR) is 86.1 cm³/mol. The summed E-state index contributed by atoms with van der Waals surface area (Å²) in [6.07, 6.45) is 0.660. The maximum Gasteiger partial charge on any atom is 0.193 e. The van der Waals surface area contributed by atoms with Crippen LogP contribution in [0.4, 0.5) is 10.1 Å².